The Hall–Kier alpha value is -0.883. The van der Waals surface area contributed by atoms with Crippen LogP contribution in [0.3, 0.4) is 0 Å². The molecule has 0 fully saturated rings. The van der Waals surface area contributed by atoms with Crippen LogP contribution < -0.4 is 18.9 Å². The molecule has 0 saturated heterocycles. The van der Waals surface area contributed by atoms with Gasteiger partial charge in [0.1, 0.15) is 0 Å². The molecule has 0 aromatic heterocycles. The van der Waals surface area contributed by atoms with Crippen LogP contribution in [0.1, 0.15) is 57.4 Å². The Bertz CT molecular complexity index is 381. The van der Waals surface area contributed by atoms with E-state index in [2.05, 4.69) is 24.8 Å². The van der Waals surface area contributed by atoms with E-state index in [9.17, 15) is 0 Å². The third kappa shape index (κ3) is 10.7. The van der Waals surface area contributed by atoms with Crippen molar-refractivity contribution in [2.75, 3.05) is 0 Å². The van der Waals surface area contributed by atoms with Crippen molar-refractivity contribution in [1.82, 2.24) is 0 Å². The summed E-state index contributed by atoms with van der Waals surface area (Å²) in [5.41, 5.74) is 1.09. The van der Waals surface area contributed by atoms with Crippen molar-refractivity contribution in [3.8, 4) is 11.8 Å². The molecular formula is C18H23Li. The first-order valence-electron chi connectivity index (χ1n) is 7.05. The second-order valence-electron chi connectivity index (χ2n) is 4.49. The number of allylic oxidation sites excluding steroid dienone is 1. The van der Waals surface area contributed by atoms with E-state index in [1.807, 2.05) is 36.4 Å². The molecule has 19 heavy (non-hydrogen) atoms. The van der Waals surface area contributed by atoms with Crippen LogP contribution in [0.4, 0.5) is 0 Å². The van der Waals surface area contributed by atoms with Crippen LogP contribution in [0, 0.1) is 17.9 Å². The van der Waals surface area contributed by atoms with Gasteiger partial charge in [0.15, 0.2) is 0 Å². The zero-order valence-corrected chi connectivity index (χ0v) is 12.4. The van der Waals surface area contributed by atoms with Crippen molar-refractivity contribution in [3.63, 3.8) is 0 Å². The van der Waals surface area contributed by atoms with E-state index in [1.54, 1.807) is 0 Å². The average molecular weight is 246 g/mol. The van der Waals surface area contributed by atoms with Gasteiger partial charge in [-0.2, -0.15) is 0 Å². The Morgan fingerprint density at radius 1 is 1.11 bits per heavy atom. The minimum Gasteiger partial charge on any atom is -0.150 e. The summed E-state index contributed by atoms with van der Waals surface area (Å²) in [5.74, 6) is 6.28. The number of rotatable bonds is 7. The molecule has 1 aromatic carbocycles. The predicted octanol–water partition coefficient (Wildman–Crippen LogP) is 2.26. The fraction of sp³-hybridized carbons (Fsp3) is 0.444. The van der Waals surface area contributed by atoms with Gasteiger partial charge >= 0.3 is 18.9 Å². The minimum atomic E-state index is 0. The molecular weight excluding hydrogens is 223 g/mol. The van der Waals surface area contributed by atoms with E-state index in [0.717, 1.165) is 12.0 Å². The summed E-state index contributed by atoms with van der Waals surface area (Å²) in [7, 11) is 0. The van der Waals surface area contributed by atoms with E-state index < -0.39 is 0 Å². The van der Waals surface area contributed by atoms with Gasteiger partial charge in [-0.25, -0.2) is 0 Å². The molecule has 1 rings (SSSR count). The second kappa shape index (κ2) is 13.5. The molecule has 0 unspecified atom stereocenters. The van der Waals surface area contributed by atoms with E-state index in [-0.39, 0.29) is 18.9 Å². The summed E-state index contributed by atoms with van der Waals surface area (Å²) < 4.78 is 0. The van der Waals surface area contributed by atoms with Crippen molar-refractivity contribution in [2.24, 2.45) is 0 Å². The number of unbranched alkanes of at least 4 members (excludes halogenated alkanes) is 6. The zero-order chi connectivity index (χ0) is 12.9. The molecule has 0 nitrogen and oxygen atoms in total. The number of hydrogen-bond donors (Lipinski definition) is 0. The summed E-state index contributed by atoms with van der Waals surface area (Å²) in [6.07, 6.45) is 13.0. The van der Waals surface area contributed by atoms with Gasteiger partial charge in [0.25, 0.3) is 0 Å². The van der Waals surface area contributed by atoms with Crippen LogP contribution in [0.5, 0.6) is 0 Å². The van der Waals surface area contributed by atoms with Gasteiger partial charge in [0, 0.05) is 6.42 Å². The Kier molecular flexibility index (Phi) is 12.9. The summed E-state index contributed by atoms with van der Waals surface area (Å²) in [6.45, 7) is 2.25. The molecule has 96 valence electrons. The quantitative estimate of drug-likeness (QED) is 0.300. The summed E-state index contributed by atoms with van der Waals surface area (Å²) in [5, 5.41) is 0. The topological polar surface area (TPSA) is 0 Å². The molecule has 0 radical (unpaired) electrons. The number of hydrogen-bond acceptors (Lipinski definition) is 0. The molecule has 0 N–H and O–H groups in total. The van der Waals surface area contributed by atoms with Crippen LogP contribution in [-0.2, 0) is 0 Å². The molecule has 0 aliphatic heterocycles. The predicted molar refractivity (Wildman–Crippen MR) is 80.1 cm³/mol. The first kappa shape index (κ1) is 18.1. The van der Waals surface area contributed by atoms with Gasteiger partial charge in [0.05, 0.1) is 0 Å². The monoisotopic (exact) mass is 246 g/mol. The smallest absolute Gasteiger partial charge is 0.150 e. The van der Waals surface area contributed by atoms with E-state index in [0.29, 0.717) is 0 Å². The zero-order valence-electron chi connectivity index (χ0n) is 12.4. The molecule has 0 amide bonds. The molecule has 0 bridgehead atoms. The van der Waals surface area contributed by atoms with Crippen LogP contribution in [0.2, 0.25) is 0 Å². The van der Waals surface area contributed by atoms with Gasteiger partial charge in [-0.1, -0.05) is 56.9 Å². The molecule has 0 spiro atoms. The van der Waals surface area contributed by atoms with Crippen LogP contribution in [0.25, 0.3) is 6.08 Å². The van der Waals surface area contributed by atoms with Crippen molar-refractivity contribution in [3.05, 3.63) is 42.0 Å². The molecule has 0 aliphatic rings. The van der Waals surface area contributed by atoms with E-state index in [4.69, 9.17) is 0 Å². The molecule has 0 atom stereocenters. The van der Waals surface area contributed by atoms with Gasteiger partial charge in [-0.15, -0.1) is 42.0 Å². The average Bonchev–Trinajstić information content (AvgIpc) is 2.42. The fourth-order valence-electron chi connectivity index (χ4n) is 1.77. The standard InChI is InChI=1S/C18H23.Li/c1-2-3-4-5-6-7-8-9-10-12-15-18-16-13-11-14-17-18;/h11-16H,2-8H2,1H3;/q-1;+1/b15-12-;. The third-order valence-electron chi connectivity index (χ3n) is 2.84. The van der Waals surface area contributed by atoms with Gasteiger partial charge < -0.3 is 0 Å². The van der Waals surface area contributed by atoms with Crippen LogP contribution in [0.15, 0.2) is 30.3 Å². The Morgan fingerprint density at radius 2 is 1.89 bits per heavy atom. The molecule has 1 heteroatoms. The molecule has 0 aliphatic carbocycles. The fourth-order valence-corrected chi connectivity index (χ4v) is 1.77. The minimum absolute atomic E-state index is 0. The first-order valence-corrected chi connectivity index (χ1v) is 7.05. The molecule has 0 saturated carbocycles. The van der Waals surface area contributed by atoms with Crippen molar-refractivity contribution in [2.45, 2.75) is 51.9 Å². The second-order valence-corrected chi connectivity index (χ2v) is 4.49. The maximum atomic E-state index is 3.20. The molecule has 0 heterocycles. The summed E-state index contributed by atoms with van der Waals surface area (Å²) in [4.78, 5) is 0. The van der Waals surface area contributed by atoms with Gasteiger partial charge in [0.2, 0.25) is 0 Å². The maximum Gasteiger partial charge on any atom is 1.00 e. The summed E-state index contributed by atoms with van der Waals surface area (Å²) in [6, 6.07) is 11.1. The molecule has 1 aromatic rings. The van der Waals surface area contributed by atoms with Gasteiger partial charge in [-0.3, -0.25) is 0 Å². The van der Waals surface area contributed by atoms with Gasteiger partial charge in [-0.05, 0) is 6.42 Å². The largest absolute Gasteiger partial charge is 1.00 e. The van der Waals surface area contributed by atoms with E-state index in [1.165, 1.54) is 38.5 Å². The van der Waals surface area contributed by atoms with Crippen molar-refractivity contribution in [1.29, 1.82) is 0 Å². The van der Waals surface area contributed by atoms with Crippen molar-refractivity contribution < 1.29 is 18.9 Å². The first-order chi connectivity index (χ1) is 8.93. The normalized spacial score (nSPS) is 9.74. The maximum absolute atomic E-state index is 3.20. The van der Waals surface area contributed by atoms with Crippen molar-refractivity contribution >= 4 is 6.08 Å². The Labute approximate surface area is 130 Å². The Balaban J connectivity index is 0.00000324. The number of benzene rings is 1. The van der Waals surface area contributed by atoms with Crippen LogP contribution in [-0.4, -0.2) is 0 Å². The van der Waals surface area contributed by atoms with E-state index >= 15 is 0 Å². The summed E-state index contributed by atoms with van der Waals surface area (Å²) >= 11 is 0. The SMILES string of the molecule is CCCCCCCCC#C/C=C\c1[c-]cccc1.[Li+]. The Morgan fingerprint density at radius 3 is 2.63 bits per heavy atom. The van der Waals surface area contributed by atoms with Crippen LogP contribution >= 0.6 is 0 Å². The third-order valence-corrected chi connectivity index (χ3v) is 2.84.